The first kappa shape index (κ1) is 26.5. The molecular formula is C29H29Cl3N2O2. The molecule has 0 aromatic heterocycles. The minimum absolute atomic E-state index is 0.0229. The van der Waals surface area contributed by atoms with Gasteiger partial charge in [-0.3, -0.25) is 9.59 Å². The fourth-order valence-electron chi connectivity index (χ4n) is 4.69. The molecule has 0 unspecified atom stereocenters. The summed E-state index contributed by atoms with van der Waals surface area (Å²) in [4.78, 5) is 29.2. The molecule has 0 saturated heterocycles. The summed E-state index contributed by atoms with van der Waals surface area (Å²) in [5.41, 5.74) is 2.28. The third kappa shape index (κ3) is 6.82. The fraction of sp³-hybridized carbons (Fsp3) is 0.310. The lowest BCUT2D eigenvalue weighted by Crippen LogP contribution is -2.52. The maximum Gasteiger partial charge on any atom is 0.243 e. The third-order valence-electron chi connectivity index (χ3n) is 6.66. The lowest BCUT2D eigenvalue weighted by Gasteiger charge is -2.33. The Morgan fingerprint density at radius 3 is 2.11 bits per heavy atom. The van der Waals surface area contributed by atoms with Crippen LogP contribution in [0.5, 0.6) is 0 Å². The highest BCUT2D eigenvalue weighted by atomic mass is 35.5. The van der Waals surface area contributed by atoms with E-state index in [9.17, 15) is 9.59 Å². The molecule has 188 valence electrons. The van der Waals surface area contributed by atoms with Gasteiger partial charge in [-0.2, -0.15) is 0 Å². The Morgan fingerprint density at radius 2 is 1.44 bits per heavy atom. The van der Waals surface area contributed by atoms with Crippen molar-refractivity contribution >= 4 is 46.6 Å². The van der Waals surface area contributed by atoms with E-state index in [1.165, 1.54) is 0 Å². The zero-order valence-corrected chi connectivity index (χ0v) is 22.2. The van der Waals surface area contributed by atoms with Crippen LogP contribution in [0, 0.1) is 0 Å². The first-order valence-corrected chi connectivity index (χ1v) is 13.4. The monoisotopic (exact) mass is 542 g/mol. The molecule has 0 spiro atoms. The predicted molar refractivity (Wildman–Crippen MR) is 147 cm³/mol. The summed E-state index contributed by atoms with van der Waals surface area (Å²) in [6, 6.07) is 21.7. The van der Waals surface area contributed by atoms with Gasteiger partial charge in [-0.05, 0) is 47.7 Å². The van der Waals surface area contributed by atoms with Crippen molar-refractivity contribution in [2.75, 3.05) is 0 Å². The van der Waals surface area contributed by atoms with E-state index in [2.05, 4.69) is 5.32 Å². The molecule has 1 saturated carbocycles. The lowest BCUT2D eigenvalue weighted by molar-refractivity contribution is -0.141. The number of hydrogen-bond acceptors (Lipinski definition) is 2. The Morgan fingerprint density at radius 1 is 0.833 bits per heavy atom. The zero-order valence-electron chi connectivity index (χ0n) is 19.9. The van der Waals surface area contributed by atoms with E-state index in [1.54, 1.807) is 29.2 Å². The number of hydrogen-bond donors (Lipinski definition) is 1. The summed E-state index contributed by atoms with van der Waals surface area (Å²) < 4.78 is 0. The van der Waals surface area contributed by atoms with Crippen LogP contribution in [-0.2, 0) is 29.0 Å². The van der Waals surface area contributed by atoms with E-state index >= 15 is 0 Å². The van der Waals surface area contributed by atoms with Crippen LogP contribution in [-0.4, -0.2) is 28.8 Å². The fourth-order valence-corrected chi connectivity index (χ4v) is 5.41. The highest BCUT2D eigenvalue weighted by Gasteiger charge is 2.33. The van der Waals surface area contributed by atoms with E-state index in [1.807, 2.05) is 48.5 Å². The Labute approximate surface area is 227 Å². The van der Waals surface area contributed by atoms with Crippen molar-refractivity contribution in [2.24, 2.45) is 0 Å². The highest BCUT2D eigenvalue weighted by molar-refractivity contribution is 6.36. The van der Waals surface area contributed by atoms with Crippen LogP contribution in [0.2, 0.25) is 15.1 Å². The van der Waals surface area contributed by atoms with Crippen LogP contribution in [0.3, 0.4) is 0 Å². The number of benzene rings is 3. The first-order chi connectivity index (χ1) is 17.4. The molecular weight excluding hydrogens is 515 g/mol. The molecule has 1 atom stereocenters. The van der Waals surface area contributed by atoms with Gasteiger partial charge < -0.3 is 10.2 Å². The second-order valence-corrected chi connectivity index (χ2v) is 10.4. The molecule has 0 radical (unpaired) electrons. The van der Waals surface area contributed by atoms with Gasteiger partial charge in [-0.1, -0.05) is 102 Å². The second kappa shape index (κ2) is 12.6. The first-order valence-electron chi connectivity index (χ1n) is 12.2. The summed E-state index contributed by atoms with van der Waals surface area (Å²) in [7, 11) is 0. The molecule has 0 bridgehead atoms. The molecule has 3 aromatic carbocycles. The average molecular weight is 544 g/mol. The average Bonchev–Trinajstić information content (AvgIpc) is 3.38. The summed E-state index contributed by atoms with van der Waals surface area (Å²) in [5.74, 6) is -0.399. The zero-order chi connectivity index (χ0) is 25.5. The number of carbonyl (C=O) groups is 2. The molecule has 1 aliphatic rings. The van der Waals surface area contributed by atoms with Crippen molar-refractivity contribution in [2.45, 2.75) is 57.2 Å². The van der Waals surface area contributed by atoms with Crippen LogP contribution in [0.4, 0.5) is 0 Å². The van der Waals surface area contributed by atoms with Gasteiger partial charge in [0.25, 0.3) is 0 Å². The largest absolute Gasteiger partial charge is 0.352 e. The Kier molecular flexibility index (Phi) is 9.30. The molecule has 36 heavy (non-hydrogen) atoms. The summed E-state index contributed by atoms with van der Waals surface area (Å²) in [6.07, 6.45) is 4.47. The number of halogens is 3. The van der Waals surface area contributed by atoms with E-state index in [0.29, 0.717) is 27.1 Å². The SMILES string of the molecule is O=C(NC1CCCC1)[C@@H](Cc1ccccc1)N(Cc1ccccc1Cl)C(=O)Cc1c(Cl)cccc1Cl. The van der Waals surface area contributed by atoms with Crippen LogP contribution in [0.1, 0.15) is 42.4 Å². The standard InChI is InChI=1S/C29H29Cl3N2O2/c30-24-14-7-4-11-21(24)19-34(28(35)18-23-25(31)15-8-16-26(23)32)27(17-20-9-2-1-3-10-20)29(36)33-22-12-5-6-13-22/h1-4,7-11,14-16,22,27H,5-6,12-13,17-19H2,(H,33,36)/t27-/m1/s1. The quantitative estimate of drug-likeness (QED) is 0.319. The van der Waals surface area contributed by atoms with Crippen LogP contribution in [0.15, 0.2) is 72.8 Å². The van der Waals surface area contributed by atoms with Gasteiger partial charge in [-0.15, -0.1) is 0 Å². The van der Waals surface area contributed by atoms with Gasteiger partial charge in [0.2, 0.25) is 11.8 Å². The number of rotatable bonds is 9. The smallest absolute Gasteiger partial charge is 0.243 e. The van der Waals surface area contributed by atoms with Gasteiger partial charge in [0, 0.05) is 34.1 Å². The van der Waals surface area contributed by atoms with Crippen LogP contribution >= 0.6 is 34.8 Å². The Bertz CT molecular complexity index is 1180. The molecule has 7 heteroatoms. The Balaban J connectivity index is 1.70. The van der Waals surface area contributed by atoms with Gasteiger partial charge in [0.1, 0.15) is 6.04 Å². The number of nitrogens with one attached hydrogen (secondary N) is 1. The minimum atomic E-state index is -0.724. The molecule has 3 aromatic rings. The molecule has 4 rings (SSSR count). The molecule has 0 aliphatic heterocycles. The van der Waals surface area contributed by atoms with Crippen molar-refractivity contribution < 1.29 is 9.59 Å². The third-order valence-corrected chi connectivity index (χ3v) is 7.74. The topological polar surface area (TPSA) is 49.4 Å². The maximum absolute atomic E-state index is 13.9. The van der Waals surface area contributed by atoms with Gasteiger partial charge in [0.05, 0.1) is 6.42 Å². The summed E-state index contributed by atoms with van der Waals surface area (Å²) in [6.45, 7) is 0.191. The van der Waals surface area contributed by atoms with E-state index in [0.717, 1.165) is 36.8 Å². The number of nitrogens with zero attached hydrogens (tertiary/aromatic N) is 1. The molecule has 1 N–H and O–H groups in total. The predicted octanol–water partition coefficient (Wildman–Crippen LogP) is 6.89. The van der Waals surface area contributed by atoms with Crippen molar-refractivity contribution in [1.29, 1.82) is 0 Å². The number of carbonyl (C=O) groups excluding carboxylic acids is 2. The van der Waals surface area contributed by atoms with E-state index in [-0.39, 0.29) is 30.8 Å². The lowest BCUT2D eigenvalue weighted by atomic mass is 10.0. The number of amides is 2. The van der Waals surface area contributed by atoms with Crippen LogP contribution in [0.25, 0.3) is 0 Å². The molecule has 1 aliphatic carbocycles. The molecule has 0 heterocycles. The Hall–Kier alpha value is -2.53. The van der Waals surface area contributed by atoms with Crippen molar-refractivity contribution in [3.05, 3.63) is 105 Å². The van der Waals surface area contributed by atoms with Crippen LogP contribution < -0.4 is 5.32 Å². The van der Waals surface area contributed by atoms with E-state index in [4.69, 9.17) is 34.8 Å². The molecule has 1 fully saturated rings. The summed E-state index contributed by atoms with van der Waals surface area (Å²) in [5, 5.41) is 4.59. The van der Waals surface area contributed by atoms with Gasteiger partial charge in [-0.25, -0.2) is 0 Å². The van der Waals surface area contributed by atoms with Crippen molar-refractivity contribution in [3.63, 3.8) is 0 Å². The van der Waals surface area contributed by atoms with Gasteiger partial charge >= 0.3 is 0 Å². The molecule has 4 nitrogen and oxygen atoms in total. The maximum atomic E-state index is 13.9. The van der Waals surface area contributed by atoms with E-state index < -0.39 is 6.04 Å². The van der Waals surface area contributed by atoms with Crippen molar-refractivity contribution in [1.82, 2.24) is 10.2 Å². The van der Waals surface area contributed by atoms with Crippen molar-refractivity contribution in [3.8, 4) is 0 Å². The second-order valence-electron chi connectivity index (χ2n) is 9.19. The normalized spacial score (nSPS) is 14.4. The minimum Gasteiger partial charge on any atom is -0.352 e. The highest BCUT2D eigenvalue weighted by Crippen LogP contribution is 2.27. The van der Waals surface area contributed by atoms with Gasteiger partial charge in [0.15, 0.2) is 0 Å². The molecule has 2 amide bonds. The summed E-state index contributed by atoms with van der Waals surface area (Å²) >= 11 is 19.3.